The van der Waals surface area contributed by atoms with Crippen molar-refractivity contribution < 1.29 is 32.6 Å². The Morgan fingerprint density at radius 2 is 1.78 bits per heavy atom. The van der Waals surface area contributed by atoms with Crippen LogP contribution >= 0.6 is 0 Å². The predicted octanol–water partition coefficient (Wildman–Crippen LogP) is 3.88. The second-order valence-corrected chi connectivity index (χ2v) is 8.81. The Balaban J connectivity index is 1.41. The zero-order chi connectivity index (χ0) is 26.8. The highest BCUT2D eigenvalue weighted by molar-refractivity contribution is 6.00. The molecule has 1 fully saturated rings. The van der Waals surface area contributed by atoms with E-state index in [9.17, 15) is 27.9 Å². The summed E-state index contributed by atoms with van der Waals surface area (Å²) in [6.45, 7) is 3.07. The van der Waals surface area contributed by atoms with Crippen LogP contribution in [0.2, 0.25) is 0 Å². The highest BCUT2D eigenvalue weighted by Gasteiger charge is 2.51. The van der Waals surface area contributed by atoms with Crippen LogP contribution in [0, 0.1) is 0 Å². The van der Waals surface area contributed by atoms with Crippen molar-refractivity contribution in [2.24, 2.45) is 0 Å². The lowest BCUT2D eigenvalue weighted by Gasteiger charge is -2.21. The molecule has 1 aliphatic carbocycles. The van der Waals surface area contributed by atoms with Crippen LogP contribution in [0.25, 0.3) is 0 Å². The molecule has 0 spiro atoms. The van der Waals surface area contributed by atoms with Crippen LogP contribution in [-0.2, 0) is 11.0 Å². The molecule has 0 aliphatic heterocycles. The van der Waals surface area contributed by atoms with Crippen LogP contribution in [0.4, 0.5) is 13.2 Å². The van der Waals surface area contributed by atoms with Crippen molar-refractivity contribution in [3.8, 4) is 11.5 Å². The first-order chi connectivity index (χ1) is 17.5. The second-order valence-electron chi connectivity index (χ2n) is 8.81. The maximum absolute atomic E-state index is 13.5. The molecule has 3 aromatic rings. The summed E-state index contributed by atoms with van der Waals surface area (Å²) in [5.41, 5.74) is -1.26. The van der Waals surface area contributed by atoms with E-state index in [1.807, 2.05) is 0 Å². The molecular formula is C25H24F3N5O4. The summed E-state index contributed by atoms with van der Waals surface area (Å²) in [6.07, 6.45) is 0.449. The third-order valence-electron chi connectivity index (χ3n) is 5.93. The van der Waals surface area contributed by atoms with Gasteiger partial charge in [0.15, 0.2) is 0 Å². The molecule has 1 aromatic carbocycles. The Morgan fingerprint density at radius 3 is 2.35 bits per heavy atom. The van der Waals surface area contributed by atoms with Crippen molar-refractivity contribution in [2.45, 2.75) is 50.6 Å². The van der Waals surface area contributed by atoms with Crippen molar-refractivity contribution in [3.05, 3.63) is 77.6 Å². The largest absolute Gasteiger partial charge is 0.455 e. The summed E-state index contributed by atoms with van der Waals surface area (Å²) in [6, 6.07) is 5.76. The van der Waals surface area contributed by atoms with Gasteiger partial charge in [0.1, 0.15) is 23.4 Å². The Morgan fingerprint density at radius 1 is 1.08 bits per heavy atom. The van der Waals surface area contributed by atoms with Gasteiger partial charge in [-0.2, -0.15) is 13.2 Å². The number of benzene rings is 1. The van der Waals surface area contributed by atoms with Crippen LogP contribution in [0.3, 0.4) is 0 Å². The number of hydrogen-bond acceptors (Lipinski definition) is 7. The van der Waals surface area contributed by atoms with Crippen LogP contribution in [0.15, 0.2) is 55.2 Å². The third-order valence-corrected chi connectivity index (χ3v) is 5.93. The molecule has 2 unspecified atom stereocenters. The van der Waals surface area contributed by atoms with E-state index in [2.05, 4.69) is 25.6 Å². The number of rotatable bonds is 8. The fraction of sp³-hybridized carbons (Fsp3) is 0.320. The standard InChI is InChI=1S/C25H24F3N5O4/c1-14(32-23(36)24(7-8-24)33-22(35)17-10-29-13-30-11-17)20-5-4-18(12-31-20)37-21-6-3-16(15(2)34)9-19(21)25(26,27)28/h3-6,9-15,34H,7-8H2,1-2H3,(H,32,36)(H,33,35). The van der Waals surface area contributed by atoms with Crippen LogP contribution in [0.1, 0.15) is 66.0 Å². The lowest BCUT2D eigenvalue weighted by atomic mass is 10.1. The number of nitrogens with zero attached hydrogens (tertiary/aromatic N) is 3. The molecule has 2 heterocycles. The van der Waals surface area contributed by atoms with Crippen molar-refractivity contribution in [1.82, 2.24) is 25.6 Å². The van der Waals surface area contributed by atoms with Crippen LogP contribution in [0.5, 0.6) is 11.5 Å². The molecule has 0 saturated heterocycles. The highest BCUT2D eigenvalue weighted by atomic mass is 19.4. The predicted molar refractivity (Wildman–Crippen MR) is 124 cm³/mol. The number of amides is 2. The summed E-state index contributed by atoms with van der Waals surface area (Å²) < 4.78 is 46.0. The normalized spacial score (nSPS) is 15.8. The number of ether oxygens (including phenoxy) is 1. The lowest BCUT2D eigenvalue weighted by molar-refractivity contribution is -0.138. The number of aliphatic hydroxyl groups is 1. The minimum Gasteiger partial charge on any atom is -0.455 e. The van der Waals surface area contributed by atoms with Gasteiger partial charge in [0, 0.05) is 12.4 Å². The van der Waals surface area contributed by atoms with E-state index in [4.69, 9.17) is 4.74 Å². The summed E-state index contributed by atoms with van der Waals surface area (Å²) in [5.74, 6) is -1.20. The summed E-state index contributed by atoms with van der Waals surface area (Å²) >= 11 is 0. The second kappa shape index (κ2) is 10.1. The molecule has 9 nitrogen and oxygen atoms in total. The van der Waals surface area contributed by atoms with E-state index < -0.39 is 41.1 Å². The van der Waals surface area contributed by atoms with Crippen LogP contribution < -0.4 is 15.4 Å². The van der Waals surface area contributed by atoms with Gasteiger partial charge in [0.25, 0.3) is 5.91 Å². The first-order valence-corrected chi connectivity index (χ1v) is 11.4. The molecule has 4 rings (SSSR count). The molecule has 0 bridgehead atoms. The monoisotopic (exact) mass is 515 g/mol. The van der Waals surface area contributed by atoms with Gasteiger partial charge in [-0.1, -0.05) is 6.07 Å². The first-order valence-electron chi connectivity index (χ1n) is 11.4. The summed E-state index contributed by atoms with van der Waals surface area (Å²) in [5, 5.41) is 15.2. The van der Waals surface area contributed by atoms with E-state index in [0.717, 1.165) is 12.1 Å². The molecule has 0 radical (unpaired) electrons. The number of pyridine rings is 1. The van der Waals surface area contributed by atoms with E-state index >= 15 is 0 Å². The van der Waals surface area contributed by atoms with Crippen molar-refractivity contribution in [2.75, 3.05) is 0 Å². The molecule has 2 atom stereocenters. The molecule has 1 aliphatic rings. The fourth-order valence-corrected chi connectivity index (χ4v) is 3.60. The zero-order valence-electron chi connectivity index (χ0n) is 19.9. The van der Waals surface area contributed by atoms with Crippen LogP contribution in [-0.4, -0.2) is 37.4 Å². The SMILES string of the molecule is CC(O)c1ccc(Oc2ccc(C(C)NC(=O)C3(NC(=O)c4cncnc4)CC3)nc2)c(C(F)(F)F)c1. The van der Waals surface area contributed by atoms with Gasteiger partial charge in [-0.05, 0) is 56.5 Å². The van der Waals surface area contributed by atoms with Gasteiger partial charge in [-0.25, -0.2) is 9.97 Å². The number of nitrogens with one attached hydrogen (secondary N) is 2. The maximum Gasteiger partial charge on any atom is 0.419 e. The number of hydrogen-bond donors (Lipinski definition) is 3. The number of aromatic nitrogens is 3. The van der Waals surface area contributed by atoms with Gasteiger partial charge < -0.3 is 20.5 Å². The molecule has 2 amide bonds. The van der Waals surface area contributed by atoms with Crippen molar-refractivity contribution in [3.63, 3.8) is 0 Å². The van der Waals surface area contributed by atoms with E-state index in [1.165, 1.54) is 50.0 Å². The number of halogens is 3. The third kappa shape index (κ3) is 6.02. The Labute approximate surface area is 210 Å². The van der Waals surface area contributed by atoms with Gasteiger partial charge in [-0.15, -0.1) is 0 Å². The topological polar surface area (TPSA) is 126 Å². The molecular weight excluding hydrogens is 491 g/mol. The molecule has 3 N–H and O–H groups in total. The van der Waals surface area contributed by atoms with Gasteiger partial charge >= 0.3 is 6.18 Å². The Bertz CT molecular complexity index is 1280. The fourth-order valence-electron chi connectivity index (χ4n) is 3.60. The minimum atomic E-state index is -4.69. The van der Waals surface area contributed by atoms with Gasteiger partial charge in [0.05, 0.1) is 35.2 Å². The Kier molecular flexibility index (Phi) is 7.12. The Hall–Kier alpha value is -4.06. The zero-order valence-corrected chi connectivity index (χ0v) is 19.9. The number of aliphatic hydroxyl groups excluding tert-OH is 1. The summed E-state index contributed by atoms with van der Waals surface area (Å²) in [7, 11) is 0. The number of alkyl halides is 3. The smallest absolute Gasteiger partial charge is 0.419 e. The lowest BCUT2D eigenvalue weighted by Crippen LogP contribution is -2.49. The van der Waals surface area contributed by atoms with Crippen molar-refractivity contribution >= 4 is 11.8 Å². The van der Waals surface area contributed by atoms with E-state index in [1.54, 1.807) is 6.92 Å². The maximum atomic E-state index is 13.5. The van der Waals surface area contributed by atoms with Crippen molar-refractivity contribution in [1.29, 1.82) is 0 Å². The minimum absolute atomic E-state index is 0.0635. The van der Waals surface area contributed by atoms with E-state index in [-0.39, 0.29) is 22.8 Å². The van der Waals surface area contributed by atoms with E-state index in [0.29, 0.717) is 18.5 Å². The molecule has 37 heavy (non-hydrogen) atoms. The summed E-state index contributed by atoms with van der Waals surface area (Å²) in [4.78, 5) is 37.1. The average Bonchev–Trinajstić information content (AvgIpc) is 3.65. The molecule has 2 aromatic heterocycles. The number of carbonyl (C=O) groups is 2. The molecule has 194 valence electrons. The van der Waals surface area contributed by atoms with Gasteiger partial charge in [-0.3, -0.25) is 14.6 Å². The highest BCUT2D eigenvalue weighted by Crippen LogP contribution is 2.40. The first kappa shape index (κ1) is 26.0. The average molecular weight is 515 g/mol. The van der Waals surface area contributed by atoms with Gasteiger partial charge in [0.2, 0.25) is 5.91 Å². The quantitative estimate of drug-likeness (QED) is 0.416. The molecule has 1 saturated carbocycles. The molecule has 12 heteroatoms. The number of carbonyl (C=O) groups excluding carboxylic acids is 2.